The van der Waals surface area contributed by atoms with Crippen molar-refractivity contribution in [2.45, 2.75) is 0 Å². The van der Waals surface area contributed by atoms with E-state index in [4.69, 9.17) is 0 Å². The molecule has 0 fully saturated rings. The summed E-state index contributed by atoms with van der Waals surface area (Å²) in [4.78, 5) is 12.7. The second-order valence-corrected chi connectivity index (χ2v) is 5.14. The van der Waals surface area contributed by atoms with Crippen LogP contribution in [-0.2, 0) is 0 Å². The van der Waals surface area contributed by atoms with E-state index < -0.39 is 5.97 Å². The predicted octanol–water partition coefficient (Wildman–Crippen LogP) is 3.90. The zero-order valence-electron chi connectivity index (χ0n) is 9.98. The average Bonchev–Trinajstić information content (AvgIpc) is 3.08. The van der Waals surface area contributed by atoms with Crippen LogP contribution < -0.4 is 0 Å². The van der Waals surface area contributed by atoms with E-state index in [0.717, 1.165) is 10.4 Å². The number of carboxylic acids is 1. The summed E-state index contributed by atoms with van der Waals surface area (Å²) in [6.07, 6.45) is 3.70. The molecule has 3 rings (SSSR count). The minimum absolute atomic E-state index is 0.357. The van der Waals surface area contributed by atoms with Gasteiger partial charge in [0, 0.05) is 17.3 Å². The van der Waals surface area contributed by atoms with Gasteiger partial charge in [-0.1, -0.05) is 30.3 Å². The third-order valence-electron chi connectivity index (χ3n) is 2.85. The molecule has 0 aliphatic carbocycles. The van der Waals surface area contributed by atoms with Gasteiger partial charge in [-0.25, -0.2) is 4.79 Å². The minimum Gasteiger partial charge on any atom is -0.477 e. The van der Waals surface area contributed by atoms with Crippen molar-refractivity contribution in [1.82, 2.24) is 4.57 Å². The van der Waals surface area contributed by atoms with Gasteiger partial charge in [0.2, 0.25) is 0 Å². The Kier molecular flexibility index (Phi) is 2.93. The number of aromatic nitrogens is 1. The Morgan fingerprint density at radius 1 is 1.05 bits per heavy atom. The smallest absolute Gasteiger partial charge is 0.348 e. The van der Waals surface area contributed by atoms with Gasteiger partial charge >= 0.3 is 5.97 Å². The maximum atomic E-state index is 11.4. The zero-order valence-corrected chi connectivity index (χ0v) is 10.8. The van der Waals surface area contributed by atoms with Crippen molar-refractivity contribution in [2.75, 3.05) is 0 Å². The van der Waals surface area contributed by atoms with Gasteiger partial charge in [-0.05, 0) is 23.8 Å². The van der Waals surface area contributed by atoms with Crippen molar-refractivity contribution in [3.05, 3.63) is 65.8 Å². The molecule has 0 aliphatic rings. The number of carbonyl (C=O) groups is 1. The van der Waals surface area contributed by atoms with Crippen LogP contribution in [0.4, 0.5) is 0 Å². The number of hydrogen-bond acceptors (Lipinski definition) is 2. The highest BCUT2D eigenvalue weighted by molar-refractivity contribution is 7.17. The Bertz CT molecular complexity index is 699. The molecule has 1 N–H and O–H groups in total. The third-order valence-corrected chi connectivity index (χ3v) is 4.01. The first kappa shape index (κ1) is 11.7. The molecule has 0 aliphatic heterocycles. The van der Waals surface area contributed by atoms with E-state index in [2.05, 4.69) is 0 Å². The number of rotatable bonds is 3. The van der Waals surface area contributed by atoms with Crippen molar-refractivity contribution in [3.8, 4) is 16.1 Å². The molecular formula is C15H11NO2S. The molecule has 0 amide bonds. The van der Waals surface area contributed by atoms with Gasteiger partial charge in [0.25, 0.3) is 0 Å². The van der Waals surface area contributed by atoms with Crippen LogP contribution in [0.15, 0.2) is 60.9 Å². The number of carboxylic acid groups (broad SMARTS) is 1. The van der Waals surface area contributed by atoms with E-state index in [9.17, 15) is 9.90 Å². The Morgan fingerprint density at radius 3 is 2.37 bits per heavy atom. The lowest BCUT2D eigenvalue weighted by Gasteiger charge is -2.00. The molecule has 0 radical (unpaired) electrons. The van der Waals surface area contributed by atoms with E-state index in [1.807, 2.05) is 65.5 Å². The standard InChI is InChI=1S/C15H11NO2S/c17-15(18)14-12(16-8-4-5-9-16)10-13(19-14)11-6-2-1-3-7-11/h1-10H,(H,17,18). The summed E-state index contributed by atoms with van der Waals surface area (Å²) in [5.74, 6) is -0.893. The van der Waals surface area contributed by atoms with Gasteiger partial charge in [-0.2, -0.15) is 0 Å². The summed E-state index contributed by atoms with van der Waals surface area (Å²) in [7, 11) is 0. The molecule has 19 heavy (non-hydrogen) atoms. The third kappa shape index (κ3) is 2.18. The van der Waals surface area contributed by atoms with Crippen LogP contribution in [0.1, 0.15) is 9.67 Å². The maximum absolute atomic E-state index is 11.4. The first-order valence-electron chi connectivity index (χ1n) is 5.81. The van der Waals surface area contributed by atoms with Gasteiger partial charge in [-0.3, -0.25) is 0 Å². The number of aromatic carboxylic acids is 1. The summed E-state index contributed by atoms with van der Waals surface area (Å²) in [6.45, 7) is 0. The minimum atomic E-state index is -0.893. The van der Waals surface area contributed by atoms with Crippen molar-refractivity contribution >= 4 is 17.3 Å². The number of hydrogen-bond donors (Lipinski definition) is 1. The molecule has 4 heteroatoms. The van der Waals surface area contributed by atoms with Gasteiger partial charge in [0.05, 0.1) is 5.69 Å². The second kappa shape index (κ2) is 4.74. The maximum Gasteiger partial charge on any atom is 0.348 e. The van der Waals surface area contributed by atoms with E-state index >= 15 is 0 Å². The molecule has 3 aromatic rings. The molecule has 2 heterocycles. The fraction of sp³-hybridized carbons (Fsp3) is 0. The van der Waals surface area contributed by atoms with E-state index in [1.165, 1.54) is 11.3 Å². The van der Waals surface area contributed by atoms with Crippen molar-refractivity contribution in [2.24, 2.45) is 0 Å². The van der Waals surface area contributed by atoms with E-state index in [0.29, 0.717) is 10.6 Å². The molecule has 0 unspecified atom stereocenters. The summed E-state index contributed by atoms with van der Waals surface area (Å²) in [6, 6.07) is 15.5. The SMILES string of the molecule is O=C(O)c1sc(-c2ccccc2)cc1-n1cccc1. The van der Waals surface area contributed by atoms with E-state index in [1.54, 1.807) is 0 Å². The largest absolute Gasteiger partial charge is 0.477 e. The highest BCUT2D eigenvalue weighted by Crippen LogP contribution is 2.33. The summed E-state index contributed by atoms with van der Waals surface area (Å²) >= 11 is 1.30. The normalized spacial score (nSPS) is 10.5. The molecule has 0 saturated heterocycles. The molecule has 94 valence electrons. The lowest BCUT2D eigenvalue weighted by atomic mass is 10.2. The molecule has 0 bridgehead atoms. The molecule has 0 atom stereocenters. The van der Waals surface area contributed by atoms with Gasteiger partial charge in [-0.15, -0.1) is 11.3 Å². The molecular weight excluding hydrogens is 258 g/mol. The fourth-order valence-electron chi connectivity index (χ4n) is 1.97. The van der Waals surface area contributed by atoms with Gasteiger partial charge < -0.3 is 9.67 Å². The predicted molar refractivity (Wildman–Crippen MR) is 76.0 cm³/mol. The van der Waals surface area contributed by atoms with Crippen LogP contribution in [-0.4, -0.2) is 15.6 Å². The zero-order chi connectivity index (χ0) is 13.2. The Labute approximate surface area is 114 Å². The highest BCUT2D eigenvalue weighted by Gasteiger charge is 2.17. The Hall–Kier alpha value is -2.33. The summed E-state index contributed by atoms with van der Waals surface area (Å²) in [5.41, 5.74) is 1.75. The first-order chi connectivity index (χ1) is 9.25. The summed E-state index contributed by atoms with van der Waals surface area (Å²) < 4.78 is 1.83. The van der Waals surface area contributed by atoms with Crippen LogP contribution in [0, 0.1) is 0 Å². The fourth-order valence-corrected chi connectivity index (χ4v) is 2.97. The topological polar surface area (TPSA) is 42.2 Å². The molecule has 2 aromatic heterocycles. The van der Waals surface area contributed by atoms with Crippen LogP contribution in [0.2, 0.25) is 0 Å². The Morgan fingerprint density at radius 2 is 1.74 bits per heavy atom. The lowest BCUT2D eigenvalue weighted by Crippen LogP contribution is -1.98. The molecule has 0 spiro atoms. The molecule has 0 saturated carbocycles. The number of thiophene rings is 1. The highest BCUT2D eigenvalue weighted by atomic mass is 32.1. The van der Waals surface area contributed by atoms with Crippen LogP contribution in [0.3, 0.4) is 0 Å². The lowest BCUT2D eigenvalue weighted by molar-refractivity contribution is 0.0702. The van der Waals surface area contributed by atoms with Crippen molar-refractivity contribution in [3.63, 3.8) is 0 Å². The van der Waals surface area contributed by atoms with Crippen molar-refractivity contribution in [1.29, 1.82) is 0 Å². The monoisotopic (exact) mass is 269 g/mol. The van der Waals surface area contributed by atoms with Crippen molar-refractivity contribution < 1.29 is 9.90 Å². The molecule has 3 nitrogen and oxygen atoms in total. The van der Waals surface area contributed by atoms with Crippen LogP contribution in [0.25, 0.3) is 16.1 Å². The molecule has 1 aromatic carbocycles. The first-order valence-corrected chi connectivity index (χ1v) is 6.63. The van der Waals surface area contributed by atoms with E-state index in [-0.39, 0.29) is 0 Å². The quantitative estimate of drug-likeness (QED) is 0.783. The van der Waals surface area contributed by atoms with Crippen LogP contribution in [0.5, 0.6) is 0 Å². The number of benzene rings is 1. The average molecular weight is 269 g/mol. The Balaban J connectivity index is 2.15. The number of nitrogens with zero attached hydrogens (tertiary/aromatic N) is 1. The van der Waals surface area contributed by atoms with Gasteiger partial charge in [0.15, 0.2) is 0 Å². The second-order valence-electron chi connectivity index (χ2n) is 4.09. The summed E-state index contributed by atoms with van der Waals surface area (Å²) in [5, 5.41) is 9.32. The van der Waals surface area contributed by atoms with Crippen LogP contribution >= 0.6 is 11.3 Å². The van der Waals surface area contributed by atoms with Gasteiger partial charge in [0.1, 0.15) is 4.88 Å².